The van der Waals surface area contributed by atoms with E-state index in [1.54, 1.807) is 0 Å². The minimum atomic E-state index is 0.0845. The fraction of sp³-hybridized carbons (Fsp3) is 0.333. The molecule has 4 rings (SSSR count). The van der Waals surface area contributed by atoms with Crippen LogP contribution in [0.3, 0.4) is 0 Å². The van der Waals surface area contributed by atoms with Crippen molar-refractivity contribution in [2.24, 2.45) is 0 Å². The van der Waals surface area contributed by atoms with Crippen molar-refractivity contribution in [3.05, 3.63) is 77.1 Å². The number of likely N-dealkylation sites (tertiary alicyclic amines) is 1. The van der Waals surface area contributed by atoms with Gasteiger partial charge in [-0.1, -0.05) is 12.1 Å². The van der Waals surface area contributed by atoms with E-state index in [1.807, 2.05) is 72.8 Å². The van der Waals surface area contributed by atoms with Gasteiger partial charge in [-0.25, -0.2) is 4.68 Å². The number of amides is 1. The third-order valence-corrected chi connectivity index (χ3v) is 5.46. The molecule has 1 amide bonds. The molecule has 0 bridgehead atoms. The summed E-state index contributed by atoms with van der Waals surface area (Å²) < 4.78 is 7.44. The summed E-state index contributed by atoms with van der Waals surface area (Å²) in [4.78, 5) is 15.2. The van der Waals surface area contributed by atoms with Gasteiger partial charge in [0.1, 0.15) is 5.75 Å². The Morgan fingerprint density at radius 1 is 1.10 bits per heavy atom. The molecule has 0 N–H and O–H groups in total. The SMILES string of the molecule is CCOc1ccc([C@H]2CCCN2C(=O)c2ccc(-n3nc(C)cc3C)cc2)cc1. The lowest BCUT2D eigenvalue weighted by molar-refractivity contribution is 0.0735. The lowest BCUT2D eigenvalue weighted by Crippen LogP contribution is -2.30. The number of nitrogens with zero attached hydrogens (tertiary/aromatic N) is 3. The Morgan fingerprint density at radius 3 is 2.45 bits per heavy atom. The van der Waals surface area contributed by atoms with Crippen LogP contribution < -0.4 is 4.74 Å². The molecule has 2 aromatic carbocycles. The summed E-state index contributed by atoms with van der Waals surface area (Å²) >= 11 is 0. The molecule has 2 heterocycles. The summed E-state index contributed by atoms with van der Waals surface area (Å²) in [7, 11) is 0. The van der Waals surface area contributed by atoms with Crippen molar-refractivity contribution in [2.75, 3.05) is 13.2 Å². The first-order valence-corrected chi connectivity index (χ1v) is 10.2. The highest BCUT2D eigenvalue weighted by Gasteiger charge is 2.30. The molecule has 0 saturated carbocycles. The van der Waals surface area contributed by atoms with Gasteiger partial charge >= 0.3 is 0 Å². The zero-order valence-electron chi connectivity index (χ0n) is 17.3. The second-order valence-electron chi connectivity index (χ2n) is 7.54. The summed E-state index contributed by atoms with van der Waals surface area (Å²) in [6, 6.07) is 18.0. The smallest absolute Gasteiger partial charge is 0.254 e. The standard InChI is InChI=1S/C24H27N3O2/c1-4-29-22-13-9-19(10-14-22)23-6-5-15-26(23)24(28)20-7-11-21(12-8-20)27-18(3)16-17(2)25-27/h7-14,16,23H,4-6,15H2,1-3H3/t23-/m1/s1. The molecule has 0 unspecified atom stereocenters. The zero-order valence-corrected chi connectivity index (χ0v) is 17.3. The number of carbonyl (C=O) groups excluding carboxylic acids is 1. The lowest BCUT2D eigenvalue weighted by Gasteiger charge is -2.25. The largest absolute Gasteiger partial charge is 0.494 e. The second kappa shape index (κ2) is 8.11. The molecule has 150 valence electrons. The predicted molar refractivity (Wildman–Crippen MR) is 114 cm³/mol. The number of benzene rings is 2. The minimum Gasteiger partial charge on any atom is -0.494 e. The van der Waals surface area contributed by atoms with Gasteiger partial charge in [-0.3, -0.25) is 4.79 Å². The quantitative estimate of drug-likeness (QED) is 0.626. The molecule has 1 saturated heterocycles. The topological polar surface area (TPSA) is 47.4 Å². The fourth-order valence-electron chi connectivity index (χ4n) is 4.11. The van der Waals surface area contributed by atoms with Crippen LogP contribution in [0.4, 0.5) is 0 Å². The highest BCUT2D eigenvalue weighted by molar-refractivity contribution is 5.94. The molecule has 1 atom stereocenters. The highest BCUT2D eigenvalue weighted by atomic mass is 16.5. The van der Waals surface area contributed by atoms with Gasteiger partial charge in [0.15, 0.2) is 0 Å². The number of aryl methyl sites for hydroxylation is 2. The Balaban J connectivity index is 1.53. The maximum absolute atomic E-state index is 13.2. The Morgan fingerprint density at radius 2 is 1.83 bits per heavy atom. The van der Waals surface area contributed by atoms with Crippen molar-refractivity contribution in [3.8, 4) is 11.4 Å². The third kappa shape index (κ3) is 3.90. The van der Waals surface area contributed by atoms with Gasteiger partial charge < -0.3 is 9.64 Å². The van der Waals surface area contributed by atoms with Gasteiger partial charge in [-0.2, -0.15) is 5.10 Å². The number of hydrogen-bond acceptors (Lipinski definition) is 3. The molecule has 5 nitrogen and oxygen atoms in total. The van der Waals surface area contributed by atoms with Crippen LogP contribution >= 0.6 is 0 Å². The number of carbonyl (C=O) groups is 1. The van der Waals surface area contributed by atoms with Crippen molar-refractivity contribution in [1.29, 1.82) is 0 Å². The average molecular weight is 389 g/mol. The first-order chi connectivity index (χ1) is 14.1. The van der Waals surface area contributed by atoms with E-state index in [0.717, 1.165) is 42.2 Å². The van der Waals surface area contributed by atoms with Crippen LogP contribution in [-0.4, -0.2) is 33.7 Å². The molecule has 0 spiro atoms. The molecule has 3 aromatic rings. The van der Waals surface area contributed by atoms with E-state index in [1.165, 1.54) is 5.56 Å². The molecule has 0 aliphatic carbocycles. The van der Waals surface area contributed by atoms with Crippen LogP contribution in [0, 0.1) is 13.8 Å². The number of aromatic nitrogens is 2. The van der Waals surface area contributed by atoms with E-state index in [0.29, 0.717) is 12.2 Å². The Hall–Kier alpha value is -3.08. The van der Waals surface area contributed by atoms with Crippen LogP contribution in [-0.2, 0) is 0 Å². The van der Waals surface area contributed by atoms with Crippen molar-refractivity contribution < 1.29 is 9.53 Å². The highest BCUT2D eigenvalue weighted by Crippen LogP contribution is 2.34. The molecule has 0 radical (unpaired) electrons. The average Bonchev–Trinajstić information content (AvgIpc) is 3.35. The maximum Gasteiger partial charge on any atom is 0.254 e. The Bertz CT molecular complexity index is 990. The monoisotopic (exact) mass is 389 g/mol. The summed E-state index contributed by atoms with van der Waals surface area (Å²) in [5, 5.41) is 4.52. The molecular formula is C24H27N3O2. The zero-order chi connectivity index (χ0) is 20.4. The van der Waals surface area contributed by atoms with E-state index < -0.39 is 0 Å². The van der Waals surface area contributed by atoms with Gasteiger partial charge in [0.25, 0.3) is 5.91 Å². The van der Waals surface area contributed by atoms with Crippen molar-refractivity contribution in [3.63, 3.8) is 0 Å². The molecule has 5 heteroatoms. The van der Waals surface area contributed by atoms with Crippen LogP contribution in [0.2, 0.25) is 0 Å². The predicted octanol–water partition coefficient (Wildman–Crippen LogP) is 4.87. The molecule has 1 fully saturated rings. The first kappa shape index (κ1) is 19.2. The Labute approximate surface area is 171 Å². The Kier molecular flexibility index (Phi) is 5.38. The van der Waals surface area contributed by atoms with Crippen LogP contribution in [0.15, 0.2) is 54.6 Å². The summed E-state index contributed by atoms with van der Waals surface area (Å²) in [5.41, 5.74) is 4.91. The van der Waals surface area contributed by atoms with Crippen molar-refractivity contribution >= 4 is 5.91 Å². The minimum absolute atomic E-state index is 0.0845. The molecule has 1 aromatic heterocycles. The van der Waals surface area contributed by atoms with Gasteiger partial charge in [-0.15, -0.1) is 0 Å². The van der Waals surface area contributed by atoms with Crippen LogP contribution in [0.5, 0.6) is 5.75 Å². The number of ether oxygens (including phenoxy) is 1. The maximum atomic E-state index is 13.2. The third-order valence-electron chi connectivity index (χ3n) is 5.46. The van der Waals surface area contributed by atoms with Gasteiger partial charge in [-0.05, 0) is 81.6 Å². The van der Waals surface area contributed by atoms with E-state index in [2.05, 4.69) is 17.2 Å². The fourth-order valence-corrected chi connectivity index (χ4v) is 4.11. The lowest BCUT2D eigenvalue weighted by atomic mass is 10.0. The molecule has 29 heavy (non-hydrogen) atoms. The van der Waals surface area contributed by atoms with E-state index in [9.17, 15) is 4.79 Å². The summed E-state index contributed by atoms with van der Waals surface area (Å²) in [6.45, 7) is 7.43. The summed E-state index contributed by atoms with van der Waals surface area (Å²) in [5.74, 6) is 0.952. The van der Waals surface area contributed by atoms with Crippen LogP contribution in [0.25, 0.3) is 5.69 Å². The summed E-state index contributed by atoms with van der Waals surface area (Å²) in [6.07, 6.45) is 2.01. The molecule has 1 aliphatic rings. The normalized spacial score (nSPS) is 16.2. The van der Waals surface area contributed by atoms with E-state index >= 15 is 0 Å². The molecular weight excluding hydrogens is 362 g/mol. The van der Waals surface area contributed by atoms with E-state index in [4.69, 9.17) is 4.74 Å². The van der Waals surface area contributed by atoms with Crippen LogP contribution in [0.1, 0.15) is 53.1 Å². The first-order valence-electron chi connectivity index (χ1n) is 10.2. The van der Waals surface area contributed by atoms with Gasteiger partial charge in [0.2, 0.25) is 0 Å². The van der Waals surface area contributed by atoms with Gasteiger partial charge in [0, 0.05) is 17.8 Å². The van der Waals surface area contributed by atoms with Crippen molar-refractivity contribution in [2.45, 2.75) is 39.7 Å². The second-order valence-corrected chi connectivity index (χ2v) is 7.54. The van der Waals surface area contributed by atoms with Gasteiger partial charge in [0.05, 0.1) is 24.0 Å². The number of rotatable bonds is 5. The number of hydrogen-bond donors (Lipinski definition) is 0. The van der Waals surface area contributed by atoms with Crippen molar-refractivity contribution in [1.82, 2.24) is 14.7 Å². The molecule has 1 aliphatic heterocycles. The van der Waals surface area contributed by atoms with E-state index in [-0.39, 0.29) is 11.9 Å².